The van der Waals surface area contributed by atoms with Crippen LogP contribution in [0.5, 0.6) is 0 Å². The van der Waals surface area contributed by atoms with Gasteiger partial charge in [0.15, 0.2) is 0 Å². The lowest BCUT2D eigenvalue weighted by Gasteiger charge is -2.08. The maximum atomic E-state index is 9.01. The predicted molar refractivity (Wildman–Crippen MR) is 74.2 cm³/mol. The van der Waals surface area contributed by atoms with Crippen LogP contribution in [-0.2, 0) is 6.54 Å². The van der Waals surface area contributed by atoms with Crippen molar-refractivity contribution in [2.24, 2.45) is 5.92 Å². The highest BCUT2D eigenvalue weighted by Crippen LogP contribution is 2.29. The molecule has 0 bridgehead atoms. The van der Waals surface area contributed by atoms with Crippen LogP contribution in [0.3, 0.4) is 0 Å². The fraction of sp³-hybridized carbons (Fsp3) is 0.188. The van der Waals surface area contributed by atoms with E-state index in [1.54, 1.807) is 0 Å². The van der Waals surface area contributed by atoms with E-state index in [9.17, 15) is 0 Å². The van der Waals surface area contributed by atoms with E-state index in [2.05, 4.69) is 59.2 Å². The second kappa shape index (κ2) is 4.19. The Labute approximate surface area is 106 Å². The number of aromatic nitrogens is 1. The number of para-hydroxylation sites is 2. The summed E-state index contributed by atoms with van der Waals surface area (Å²) >= 11 is 0. The van der Waals surface area contributed by atoms with Crippen LogP contribution in [0.15, 0.2) is 48.5 Å². The summed E-state index contributed by atoms with van der Waals surface area (Å²) in [5, 5.41) is 11.5. The Balaban J connectivity index is 2.35. The van der Waals surface area contributed by atoms with Crippen molar-refractivity contribution in [2.75, 3.05) is 0 Å². The van der Waals surface area contributed by atoms with Crippen LogP contribution in [-0.4, -0.2) is 4.57 Å². The average Bonchev–Trinajstić information content (AvgIpc) is 2.74. The molecule has 3 rings (SSSR count). The Morgan fingerprint density at radius 3 is 2.00 bits per heavy atom. The van der Waals surface area contributed by atoms with Gasteiger partial charge in [-0.1, -0.05) is 36.4 Å². The van der Waals surface area contributed by atoms with Gasteiger partial charge in [0.05, 0.1) is 12.0 Å². The van der Waals surface area contributed by atoms with Crippen molar-refractivity contribution in [3.63, 3.8) is 0 Å². The summed E-state index contributed by atoms with van der Waals surface area (Å²) in [6.07, 6.45) is 0. The van der Waals surface area contributed by atoms with Crippen LogP contribution < -0.4 is 0 Å². The molecular weight excluding hydrogens is 220 g/mol. The van der Waals surface area contributed by atoms with Crippen LogP contribution >= 0.6 is 0 Å². The normalized spacial score (nSPS) is 12.7. The van der Waals surface area contributed by atoms with Gasteiger partial charge in [0, 0.05) is 28.4 Å². The molecule has 0 radical (unpaired) electrons. The van der Waals surface area contributed by atoms with E-state index in [0.29, 0.717) is 0 Å². The number of nitriles is 1. The summed E-state index contributed by atoms with van der Waals surface area (Å²) in [6.45, 7) is 2.70. The first-order valence-corrected chi connectivity index (χ1v) is 6.17. The third-order valence-corrected chi connectivity index (χ3v) is 3.36. The van der Waals surface area contributed by atoms with Crippen molar-refractivity contribution < 1.29 is 0 Å². The Morgan fingerprint density at radius 1 is 1.00 bits per heavy atom. The molecule has 2 aromatic carbocycles. The molecule has 0 aliphatic heterocycles. The average molecular weight is 234 g/mol. The highest BCUT2D eigenvalue weighted by atomic mass is 15.0. The molecule has 0 spiro atoms. The lowest BCUT2D eigenvalue weighted by atomic mass is 10.2. The van der Waals surface area contributed by atoms with Crippen molar-refractivity contribution in [3.8, 4) is 6.07 Å². The lowest BCUT2D eigenvalue weighted by Crippen LogP contribution is -2.05. The maximum absolute atomic E-state index is 9.01. The van der Waals surface area contributed by atoms with Gasteiger partial charge in [0.1, 0.15) is 0 Å². The number of hydrogen-bond donors (Lipinski definition) is 0. The fourth-order valence-electron chi connectivity index (χ4n) is 2.51. The van der Waals surface area contributed by atoms with Gasteiger partial charge in [-0.3, -0.25) is 0 Å². The van der Waals surface area contributed by atoms with Crippen molar-refractivity contribution in [1.29, 1.82) is 5.26 Å². The molecule has 88 valence electrons. The third kappa shape index (κ3) is 1.56. The van der Waals surface area contributed by atoms with E-state index >= 15 is 0 Å². The lowest BCUT2D eigenvalue weighted by molar-refractivity contribution is 0.609. The molecule has 1 heterocycles. The van der Waals surface area contributed by atoms with Gasteiger partial charge in [0.25, 0.3) is 0 Å². The number of benzene rings is 2. The summed E-state index contributed by atoms with van der Waals surface area (Å²) in [4.78, 5) is 0. The van der Waals surface area contributed by atoms with Gasteiger partial charge in [0.2, 0.25) is 0 Å². The topological polar surface area (TPSA) is 28.7 Å². The van der Waals surface area contributed by atoms with E-state index in [-0.39, 0.29) is 5.92 Å². The Bertz CT molecular complexity index is 693. The summed E-state index contributed by atoms with van der Waals surface area (Å²) in [6, 6.07) is 19.1. The Hall–Kier alpha value is -2.27. The van der Waals surface area contributed by atoms with Gasteiger partial charge < -0.3 is 4.57 Å². The maximum Gasteiger partial charge on any atom is 0.0671 e. The van der Waals surface area contributed by atoms with Gasteiger partial charge in [-0.2, -0.15) is 5.26 Å². The zero-order valence-electron chi connectivity index (χ0n) is 10.3. The van der Waals surface area contributed by atoms with Crippen molar-refractivity contribution >= 4 is 21.8 Å². The summed E-state index contributed by atoms with van der Waals surface area (Å²) in [5.74, 6) is 0.0178. The molecule has 0 fully saturated rings. The highest BCUT2D eigenvalue weighted by Gasteiger charge is 2.11. The molecule has 0 N–H and O–H groups in total. The predicted octanol–water partition coefficient (Wildman–Crippen LogP) is 3.95. The van der Waals surface area contributed by atoms with E-state index in [1.807, 2.05) is 6.92 Å². The number of hydrogen-bond acceptors (Lipinski definition) is 1. The molecular formula is C16H14N2. The number of rotatable bonds is 2. The SMILES string of the molecule is CC(C#N)Cn1c2ccccc2c2ccccc21. The second-order valence-corrected chi connectivity index (χ2v) is 4.68. The van der Waals surface area contributed by atoms with Crippen LogP contribution in [0, 0.1) is 17.2 Å². The van der Waals surface area contributed by atoms with Gasteiger partial charge in [-0.15, -0.1) is 0 Å². The molecule has 0 aliphatic carbocycles. The molecule has 1 atom stereocenters. The minimum atomic E-state index is 0.0178. The molecule has 0 saturated carbocycles. The fourth-order valence-corrected chi connectivity index (χ4v) is 2.51. The molecule has 1 aromatic heterocycles. The molecule has 0 amide bonds. The molecule has 18 heavy (non-hydrogen) atoms. The molecule has 2 nitrogen and oxygen atoms in total. The van der Waals surface area contributed by atoms with E-state index in [4.69, 9.17) is 5.26 Å². The van der Waals surface area contributed by atoms with E-state index in [0.717, 1.165) is 6.54 Å². The zero-order valence-corrected chi connectivity index (χ0v) is 10.3. The first kappa shape index (κ1) is 10.9. The largest absolute Gasteiger partial charge is 0.339 e. The Kier molecular flexibility index (Phi) is 2.53. The first-order valence-electron chi connectivity index (χ1n) is 6.17. The third-order valence-electron chi connectivity index (χ3n) is 3.36. The molecule has 3 aromatic rings. The molecule has 1 unspecified atom stereocenters. The highest BCUT2D eigenvalue weighted by molar-refractivity contribution is 6.07. The summed E-state index contributed by atoms with van der Waals surface area (Å²) in [5.41, 5.74) is 2.42. The van der Waals surface area contributed by atoms with Crippen LogP contribution in [0.1, 0.15) is 6.92 Å². The quantitative estimate of drug-likeness (QED) is 0.660. The second-order valence-electron chi connectivity index (χ2n) is 4.68. The standard InChI is InChI=1S/C16H14N2/c1-12(10-17)11-18-15-8-4-2-6-13(15)14-7-3-5-9-16(14)18/h2-9,12H,11H2,1H3. The number of fused-ring (bicyclic) bond motifs is 3. The summed E-state index contributed by atoms with van der Waals surface area (Å²) < 4.78 is 2.25. The zero-order chi connectivity index (χ0) is 12.5. The van der Waals surface area contributed by atoms with E-state index in [1.165, 1.54) is 21.8 Å². The van der Waals surface area contributed by atoms with Gasteiger partial charge in [-0.25, -0.2) is 0 Å². The van der Waals surface area contributed by atoms with Crippen LogP contribution in [0.25, 0.3) is 21.8 Å². The number of nitrogens with zero attached hydrogens (tertiary/aromatic N) is 2. The van der Waals surface area contributed by atoms with Gasteiger partial charge >= 0.3 is 0 Å². The van der Waals surface area contributed by atoms with Crippen molar-refractivity contribution in [3.05, 3.63) is 48.5 Å². The van der Waals surface area contributed by atoms with Gasteiger partial charge in [-0.05, 0) is 19.1 Å². The molecule has 2 heteroatoms. The minimum Gasteiger partial charge on any atom is -0.339 e. The smallest absolute Gasteiger partial charge is 0.0671 e. The summed E-state index contributed by atoms with van der Waals surface area (Å²) in [7, 11) is 0. The van der Waals surface area contributed by atoms with E-state index < -0.39 is 0 Å². The Morgan fingerprint density at radius 2 is 1.50 bits per heavy atom. The molecule has 0 aliphatic rings. The van der Waals surface area contributed by atoms with Crippen molar-refractivity contribution in [1.82, 2.24) is 4.57 Å². The van der Waals surface area contributed by atoms with Crippen molar-refractivity contribution in [2.45, 2.75) is 13.5 Å². The van der Waals surface area contributed by atoms with Crippen LogP contribution in [0.4, 0.5) is 0 Å². The van der Waals surface area contributed by atoms with Crippen LogP contribution in [0.2, 0.25) is 0 Å². The minimum absolute atomic E-state index is 0.0178. The molecule has 0 saturated heterocycles. The first-order chi connectivity index (χ1) is 8.81. The monoisotopic (exact) mass is 234 g/mol.